The van der Waals surface area contributed by atoms with Crippen molar-refractivity contribution in [3.05, 3.63) is 49.4 Å². The Balaban J connectivity index is 2.02. The average molecular weight is 486 g/mol. The third-order valence-electron chi connectivity index (χ3n) is 5.25. The van der Waals surface area contributed by atoms with E-state index in [-0.39, 0.29) is 34.9 Å². The van der Waals surface area contributed by atoms with Crippen LogP contribution in [0.15, 0.2) is 17.7 Å². The number of hydrogen-bond acceptors (Lipinski definition) is 9. The van der Waals surface area contributed by atoms with Crippen LogP contribution in [-0.2, 0) is 22.4 Å². The molecule has 1 heterocycles. The zero-order valence-corrected chi connectivity index (χ0v) is 19.7. The molecule has 1 aliphatic carbocycles. The van der Waals surface area contributed by atoms with E-state index in [4.69, 9.17) is 14.2 Å². The maximum atomic E-state index is 13.0. The van der Waals surface area contributed by atoms with E-state index in [1.807, 2.05) is 6.07 Å². The minimum atomic E-state index is -0.765. The summed E-state index contributed by atoms with van der Waals surface area (Å²) in [6, 6.07) is 4.18. The molecule has 2 aromatic rings. The largest absolute Gasteiger partial charge is 0.493 e. The first-order valence-electron chi connectivity index (χ1n) is 10.5. The van der Waals surface area contributed by atoms with Crippen molar-refractivity contribution in [1.29, 1.82) is 5.26 Å². The number of methoxy groups -OCH3 is 2. The van der Waals surface area contributed by atoms with Crippen molar-refractivity contribution in [2.75, 3.05) is 26.1 Å². The second-order valence-electron chi connectivity index (χ2n) is 7.29. The summed E-state index contributed by atoms with van der Waals surface area (Å²) in [5.41, 5.74) is 0.690. The number of fused-ring (bicyclic) bond motifs is 1. The van der Waals surface area contributed by atoms with Gasteiger partial charge in [0, 0.05) is 16.5 Å². The maximum Gasteiger partial charge on any atom is 0.341 e. The van der Waals surface area contributed by atoms with E-state index in [2.05, 4.69) is 5.32 Å². The van der Waals surface area contributed by atoms with Crippen molar-refractivity contribution >= 4 is 40.0 Å². The van der Waals surface area contributed by atoms with Crippen LogP contribution in [0.2, 0.25) is 0 Å². The molecule has 0 atom stereocenters. The van der Waals surface area contributed by atoms with Gasteiger partial charge in [0.2, 0.25) is 0 Å². The van der Waals surface area contributed by atoms with Crippen molar-refractivity contribution < 1.29 is 28.7 Å². The number of nitrogens with one attached hydrogen (secondary N) is 1. The zero-order chi connectivity index (χ0) is 24.8. The van der Waals surface area contributed by atoms with Gasteiger partial charge in [-0.3, -0.25) is 14.9 Å². The first-order valence-corrected chi connectivity index (χ1v) is 11.3. The molecular formula is C23H23N3O7S. The van der Waals surface area contributed by atoms with Crippen LogP contribution in [0.25, 0.3) is 6.08 Å². The fourth-order valence-corrected chi connectivity index (χ4v) is 5.01. The minimum Gasteiger partial charge on any atom is -0.493 e. The molecule has 1 amide bonds. The summed E-state index contributed by atoms with van der Waals surface area (Å²) < 4.78 is 15.6. The Morgan fingerprint density at radius 3 is 2.62 bits per heavy atom. The Labute approximate surface area is 199 Å². The number of non-ortho nitro benzene ring substituents is 1. The number of benzene rings is 1. The standard InChI is InChI=1S/C23H23N3O7S/c1-4-33-23(28)19-16-7-5-6-8-18(16)34-22(19)25-21(27)14(12-24)9-13-10-15(26(29)30)11-17(31-2)20(13)32-3/h9-11H,4-8H2,1-3H3,(H,25,27)/b14-9-. The molecule has 1 N–H and O–H groups in total. The number of esters is 1. The summed E-state index contributed by atoms with van der Waals surface area (Å²) in [6.45, 7) is 1.89. The maximum absolute atomic E-state index is 13.0. The Kier molecular flexibility index (Phi) is 7.86. The molecule has 0 unspecified atom stereocenters. The molecule has 0 saturated carbocycles. The van der Waals surface area contributed by atoms with E-state index in [0.29, 0.717) is 17.0 Å². The topological polar surface area (TPSA) is 141 Å². The number of thiophene rings is 1. The van der Waals surface area contributed by atoms with Crippen LogP contribution in [0.5, 0.6) is 11.5 Å². The van der Waals surface area contributed by atoms with E-state index < -0.39 is 16.8 Å². The lowest BCUT2D eigenvalue weighted by molar-refractivity contribution is -0.385. The van der Waals surface area contributed by atoms with E-state index in [1.165, 1.54) is 43.8 Å². The highest BCUT2D eigenvalue weighted by Crippen LogP contribution is 2.39. The van der Waals surface area contributed by atoms with Crippen molar-refractivity contribution in [1.82, 2.24) is 0 Å². The Bertz CT molecular complexity index is 1210. The molecule has 0 bridgehead atoms. The highest BCUT2D eigenvalue weighted by molar-refractivity contribution is 7.17. The molecule has 1 aromatic heterocycles. The molecular weight excluding hydrogens is 462 g/mol. The zero-order valence-electron chi connectivity index (χ0n) is 18.9. The number of hydrogen-bond donors (Lipinski definition) is 1. The fraction of sp³-hybridized carbons (Fsp3) is 0.348. The number of nitro benzene ring substituents is 1. The second-order valence-corrected chi connectivity index (χ2v) is 8.39. The smallest absolute Gasteiger partial charge is 0.341 e. The van der Waals surface area contributed by atoms with Gasteiger partial charge in [-0.15, -0.1) is 11.3 Å². The number of ether oxygens (including phenoxy) is 3. The van der Waals surface area contributed by atoms with Gasteiger partial charge >= 0.3 is 5.97 Å². The highest BCUT2D eigenvalue weighted by atomic mass is 32.1. The van der Waals surface area contributed by atoms with Gasteiger partial charge in [-0.05, 0) is 44.2 Å². The van der Waals surface area contributed by atoms with Crippen LogP contribution >= 0.6 is 11.3 Å². The number of carbonyl (C=O) groups is 2. The van der Waals surface area contributed by atoms with E-state index in [0.717, 1.165) is 29.7 Å². The van der Waals surface area contributed by atoms with Crippen molar-refractivity contribution in [2.45, 2.75) is 32.6 Å². The van der Waals surface area contributed by atoms with Crippen molar-refractivity contribution in [2.24, 2.45) is 0 Å². The summed E-state index contributed by atoms with van der Waals surface area (Å²) in [5, 5.41) is 23.9. The minimum absolute atomic E-state index is 0.0798. The Morgan fingerprint density at radius 1 is 1.26 bits per heavy atom. The van der Waals surface area contributed by atoms with Crippen molar-refractivity contribution in [3.63, 3.8) is 0 Å². The summed E-state index contributed by atoms with van der Waals surface area (Å²) in [7, 11) is 2.66. The molecule has 11 heteroatoms. The number of nitriles is 1. The number of rotatable bonds is 8. The molecule has 0 spiro atoms. The van der Waals surface area contributed by atoms with Gasteiger partial charge in [0.1, 0.15) is 16.6 Å². The molecule has 1 aromatic carbocycles. The molecule has 3 rings (SSSR count). The predicted octanol–water partition coefficient (Wildman–Crippen LogP) is 4.27. The summed E-state index contributed by atoms with van der Waals surface area (Å²) in [6.07, 6.45) is 4.61. The highest BCUT2D eigenvalue weighted by Gasteiger charge is 2.28. The molecule has 0 saturated heterocycles. The first-order chi connectivity index (χ1) is 16.3. The molecule has 0 fully saturated rings. The Morgan fingerprint density at radius 2 is 2.00 bits per heavy atom. The number of nitro groups is 1. The lowest BCUT2D eigenvalue weighted by Gasteiger charge is -2.12. The number of nitrogens with zero attached hydrogens (tertiary/aromatic N) is 2. The molecule has 0 aliphatic heterocycles. The van der Waals surface area contributed by atoms with Crippen LogP contribution in [0.1, 0.15) is 46.1 Å². The summed E-state index contributed by atoms with van der Waals surface area (Å²) in [5.74, 6) is -1.08. The van der Waals surface area contributed by atoms with Gasteiger partial charge in [-0.2, -0.15) is 5.26 Å². The van der Waals surface area contributed by atoms with Gasteiger partial charge in [-0.1, -0.05) is 0 Å². The molecule has 1 aliphatic rings. The first kappa shape index (κ1) is 24.7. The average Bonchev–Trinajstić information content (AvgIpc) is 3.19. The van der Waals surface area contributed by atoms with E-state index in [1.54, 1.807) is 6.92 Å². The molecule has 0 radical (unpaired) electrons. The van der Waals surface area contributed by atoms with Gasteiger partial charge in [0.25, 0.3) is 11.6 Å². The number of carbonyl (C=O) groups excluding carboxylic acids is 2. The number of amides is 1. The van der Waals surface area contributed by atoms with Crippen LogP contribution in [0.3, 0.4) is 0 Å². The molecule has 178 valence electrons. The normalized spacial score (nSPS) is 12.8. The third kappa shape index (κ3) is 5.02. The van der Waals surface area contributed by atoms with Gasteiger partial charge < -0.3 is 19.5 Å². The monoisotopic (exact) mass is 485 g/mol. The van der Waals surface area contributed by atoms with Crippen LogP contribution in [0.4, 0.5) is 10.7 Å². The fourth-order valence-electron chi connectivity index (χ4n) is 3.74. The lowest BCUT2D eigenvalue weighted by Crippen LogP contribution is -2.16. The van der Waals surface area contributed by atoms with E-state index in [9.17, 15) is 25.0 Å². The van der Waals surface area contributed by atoms with Gasteiger partial charge in [-0.25, -0.2) is 4.79 Å². The molecule has 34 heavy (non-hydrogen) atoms. The van der Waals surface area contributed by atoms with E-state index >= 15 is 0 Å². The quantitative estimate of drug-likeness (QED) is 0.192. The SMILES string of the molecule is CCOC(=O)c1c(NC(=O)/C(C#N)=C\c2cc([N+](=O)[O-])cc(OC)c2OC)sc2c1CCCC2. The summed E-state index contributed by atoms with van der Waals surface area (Å²) in [4.78, 5) is 37.3. The van der Waals surface area contributed by atoms with Crippen LogP contribution < -0.4 is 14.8 Å². The van der Waals surface area contributed by atoms with Gasteiger partial charge in [0.05, 0.1) is 37.4 Å². The summed E-state index contributed by atoms with van der Waals surface area (Å²) >= 11 is 1.30. The lowest BCUT2D eigenvalue weighted by atomic mass is 9.95. The number of aryl methyl sites for hydroxylation is 1. The second kappa shape index (κ2) is 10.8. The predicted molar refractivity (Wildman–Crippen MR) is 125 cm³/mol. The molecule has 10 nitrogen and oxygen atoms in total. The third-order valence-corrected chi connectivity index (χ3v) is 6.45. The van der Waals surface area contributed by atoms with Gasteiger partial charge in [0.15, 0.2) is 11.5 Å². The van der Waals surface area contributed by atoms with Crippen LogP contribution in [-0.4, -0.2) is 37.6 Å². The van der Waals surface area contributed by atoms with Crippen LogP contribution in [0, 0.1) is 21.4 Å². The number of anilines is 1. The van der Waals surface area contributed by atoms with Crippen molar-refractivity contribution in [3.8, 4) is 17.6 Å². The Hall–Kier alpha value is -3.91.